The first kappa shape index (κ1) is 15.4. The van der Waals surface area contributed by atoms with Gasteiger partial charge in [-0.3, -0.25) is 0 Å². The molecule has 6 heteroatoms. The molecule has 2 heterocycles. The summed E-state index contributed by atoms with van der Waals surface area (Å²) in [5.74, 6) is 2.48. The predicted octanol–water partition coefficient (Wildman–Crippen LogP) is 4.76. The number of anilines is 3. The van der Waals surface area contributed by atoms with E-state index in [1.165, 1.54) is 12.8 Å². The molecule has 22 heavy (non-hydrogen) atoms. The third kappa shape index (κ3) is 3.62. The molecular formula is C16H18Cl2N4. The van der Waals surface area contributed by atoms with Gasteiger partial charge < -0.3 is 10.2 Å². The van der Waals surface area contributed by atoms with Gasteiger partial charge in [0.1, 0.15) is 18.0 Å². The van der Waals surface area contributed by atoms with E-state index in [1.807, 2.05) is 12.1 Å². The molecule has 0 aliphatic carbocycles. The number of nitrogens with one attached hydrogen (secondary N) is 1. The van der Waals surface area contributed by atoms with Crippen LogP contribution in [-0.4, -0.2) is 23.1 Å². The zero-order valence-corrected chi connectivity index (χ0v) is 13.9. The Morgan fingerprint density at radius 2 is 1.91 bits per heavy atom. The van der Waals surface area contributed by atoms with Crippen molar-refractivity contribution in [2.75, 3.05) is 23.3 Å². The summed E-state index contributed by atoms with van der Waals surface area (Å²) in [6, 6.07) is 7.30. The van der Waals surface area contributed by atoms with Gasteiger partial charge >= 0.3 is 0 Å². The summed E-state index contributed by atoms with van der Waals surface area (Å²) in [5.41, 5.74) is 0.781. The van der Waals surface area contributed by atoms with Crippen LogP contribution in [-0.2, 0) is 0 Å². The summed E-state index contributed by atoms with van der Waals surface area (Å²) < 4.78 is 0. The number of piperidine rings is 1. The molecule has 116 valence electrons. The molecule has 1 aliphatic heterocycles. The molecule has 1 aromatic heterocycles. The van der Waals surface area contributed by atoms with Crippen LogP contribution in [0.15, 0.2) is 30.6 Å². The second kappa shape index (κ2) is 6.71. The average Bonchev–Trinajstić information content (AvgIpc) is 2.51. The van der Waals surface area contributed by atoms with E-state index < -0.39 is 0 Å². The van der Waals surface area contributed by atoms with Crippen LogP contribution in [0.5, 0.6) is 0 Å². The molecule has 0 unspecified atom stereocenters. The first-order chi connectivity index (χ1) is 10.6. The van der Waals surface area contributed by atoms with Gasteiger partial charge in [-0.25, -0.2) is 9.97 Å². The summed E-state index contributed by atoms with van der Waals surface area (Å²) in [7, 11) is 0. The molecule has 0 saturated carbocycles. The lowest BCUT2D eigenvalue weighted by atomic mass is 9.99. The fraction of sp³-hybridized carbons (Fsp3) is 0.375. The molecule has 0 amide bonds. The molecule has 1 N–H and O–H groups in total. The van der Waals surface area contributed by atoms with Crippen molar-refractivity contribution in [2.24, 2.45) is 5.92 Å². The van der Waals surface area contributed by atoms with Crippen molar-refractivity contribution < 1.29 is 0 Å². The lowest BCUT2D eigenvalue weighted by molar-refractivity contribution is 0.436. The van der Waals surface area contributed by atoms with Crippen molar-refractivity contribution in [3.05, 3.63) is 40.6 Å². The fourth-order valence-corrected chi connectivity index (χ4v) is 3.01. The summed E-state index contributed by atoms with van der Waals surface area (Å²) in [4.78, 5) is 11.0. The highest BCUT2D eigenvalue weighted by Crippen LogP contribution is 2.29. The van der Waals surface area contributed by atoms with E-state index in [0.29, 0.717) is 10.0 Å². The Balaban J connectivity index is 1.76. The number of halogens is 2. The highest BCUT2D eigenvalue weighted by atomic mass is 35.5. The Labute approximate surface area is 140 Å². The normalized spacial score (nSPS) is 15.9. The van der Waals surface area contributed by atoms with Gasteiger partial charge in [0, 0.05) is 24.2 Å². The number of rotatable bonds is 3. The van der Waals surface area contributed by atoms with Crippen molar-refractivity contribution >= 4 is 40.5 Å². The maximum absolute atomic E-state index is 6.18. The molecule has 1 aromatic carbocycles. The number of benzene rings is 1. The Hall–Kier alpha value is -1.52. The van der Waals surface area contributed by atoms with Crippen LogP contribution in [0.4, 0.5) is 17.3 Å². The van der Waals surface area contributed by atoms with Crippen LogP contribution in [0.3, 0.4) is 0 Å². The summed E-state index contributed by atoms with van der Waals surface area (Å²) in [5, 5.41) is 4.40. The van der Waals surface area contributed by atoms with Gasteiger partial charge in [0.05, 0.1) is 10.7 Å². The van der Waals surface area contributed by atoms with E-state index >= 15 is 0 Å². The minimum Gasteiger partial charge on any atom is -0.356 e. The van der Waals surface area contributed by atoms with Crippen LogP contribution >= 0.6 is 23.2 Å². The second-order valence-electron chi connectivity index (χ2n) is 5.68. The van der Waals surface area contributed by atoms with Crippen LogP contribution in [0.2, 0.25) is 10.0 Å². The minimum absolute atomic E-state index is 0.569. The molecule has 2 aromatic rings. The Kier molecular flexibility index (Phi) is 4.69. The topological polar surface area (TPSA) is 41.0 Å². The lowest BCUT2D eigenvalue weighted by Crippen LogP contribution is -2.33. The smallest absolute Gasteiger partial charge is 0.135 e. The van der Waals surface area contributed by atoms with Crippen molar-refractivity contribution in [3.63, 3.8) is 0 Å². The second-order valence-corrected chi connectivity index (χ2v) is 6.52. The molecule has 0 spiro atoms. The SMILES string of the molecule is CC1CCN(c2cc(Nc3ccc(Cl)cc3Cl)ncn2)CC1. The fourth-order valence-electron chi connectivity index (χ4n) is 2.55. The van der Waals surface area contributed by atoms with Gasteiger partial charge in [-0.2, -0.15) is 0 Å². The lowest BCUT2D eigenvalue weighted by Gasteiger charge is -2.31. The quantitative estimate of drug-likeness (QED) is 0.876. The van der Waals surface area contributed by atoms with Crippen molar-refractivity contribution in [1.29, 1.82) is 0 Å². The van der Waals surface area contributed by atoms with E-state index in [1.54, 1.807) is 18.5 Å². The molecule has 4 nitrogen and oxygen atoms in total. The van der Waals surface area contributed by atoms with Gasteiger partial charge in [-0.1, -0.05) is 30.1 Å². The molecule has 0 atom stereocenters. The predicted molar refractivity (Wildman–Crippen MR) is 92.4 cm³/mol. The van der Waals surface area contributed by atoms with E-state index in [-0.39, 0.29) is 0 Å². The maximum Gasteiger partial charge on any atom is 0.135 e. The number of nitrogens with zero attached hydrogens (tertiary/aromatic N) is 3. The monoisotopic (exact) mass is 336 g/mol. The van der Waals surface area contributed by atoms with Crippen LogP contribution in [0, 0.1) is 5.92 Å². The van der Waals surface area contributed by atoms with Gasteiger partial charge in [0.2, 0.25) is 0 Å². The highest BCUT2D eigenvalue weighted by molar-refractivity contribution is 6.36. The molecule has 1 fully saturated rings. The standard InChI is InChI=1S/C16H18Cl2N4/c1-11-4-6-22(7-5-11)16-9-15(19-10-20-16)21-14-3-2-12(17)8-13(14)18/h2-3,8-11H,4-7H2,1H3,(H,19,20,21). The van der Waals surface area contributed by atoms with E-state index in [9.17, 15) is 0 Å². The zero-order valence-electron chi connectivity index (χ0n) is 12.4. The van der Waals surface area contributed by atoms with E-state index in [0.717, 1.165) is 36.3 Å². The first-order valence-corrected chi connectivity index (χ1v) is 8.16. The Bertz CT molecular complexity index is 654. The number of hydrogen-bond donors (Lipinski definition) is 1. The van der Waals surface area contributed by atoms with E-state index in [4.69, 9.17) is 23.2 Å². The minimum atomic E-state index is 0.569. The number of hydrogen-bond acceptors (Lipinski definition) is 4. The van der Waals surface area contributed by atoms with Gasteiger partial charge in [-0.15, -0.1) is 0 Å². The summed E-state index contributed by atoms with van der Waals surface area (Å²) >= 11 is 12.1. The molecule has 0 bridgehead atoms. The van der Waals surface area contributed by atoms with Crippen molar-refractivity contribution in [2.45, 2.75) is 19.8 Å². The van der Waals surface area contributed by atoms with Gasteiger partial charge in [0.15, 0.2) is 0 Å². The van der Waals surface area contributed by atoms with Crippen molar-refractivity contribution in [1.82, 2.24) is 9.97 Å². The largest absolute Gasteiger partial charge is 0.356 e. The molecule has 1 saturated heterocycles. The van der Waals surface area contributed by atoms with Crippen LogP contribution in [0.1, 0.15) is 19.8 Å². The molecular weight excluding hydrogens is 319 g/mol. The number of aromatic nitrogens is 2. The third-order valence-electron chi connectivity index (χ3n) is 3.95. The Morgan fingerprint density at radius 3 is 2.64 bits per heavy atom. The van der Waals surface area contributed by atoms with Gasteiger partial charge in [-0.05, 0) is 37.0 Å². The molecule has 0 radical (unpaired) electrons. The molecule has 1 aliphatic rings. The maximum atomic E-state index is 6.18. The summed E-state index contributed by atoms with van der Waals surface area (Å²) in [6.45, 7) is 4.38. The van der Waals surface area contributed by atoms with Gasteiger partial charge in [0.25, 0.3) is 0 Å². The first-order valence-electron chi connectivity index (χ1n) is 7.41. The van der Waals surface area contributed by atoms with Crippen molar-refractivity contribution in [3.8, 4) is 0 Å². The Morgan fingerprint density at radius 1 is 1.14 bits per heavy atom. The zero-order chi connectivity index (χ0) is 15.5. The summed E-state index contributed by atoms with van der Waals surface area (Å²) in [6.07, 6.45) is 3.99. The van der Waals surface area contributed by atoms with Crippen LogP contribution < -0.4 is 10.2 Å². The molecule has 3 rings (SSSR count). The average molecular weight is 337 g/mol. The third-order valence-corrected chi connectivity index (χ3v) is 4.50. The highest BCUT2D eigenvalue weighted by Gasteiger charge is 2.17. The van der Waals surface area contributed by atoms with Crippen LogP contribution in [0.25, 0.3) is 0 Å². The van der Waals surface area contributed by atoms with E-state index in [2.05, 4.69) is 27.1 Å².